The van der Waals surface area contributed by atoms with Crippen LogP contribution in [-0.4, -0.2) is 45.5 Å². The van der Waals surface area contributed by atoms with Crippen molar-refractivity contribution in [2.75, 3.05) is 31.1 Å². The van der Waals surface area contributed by atoms with E-state index in [9.17, 15) is 0 Å². The molecular weight excluding hydrogens is 222 g/mol. The van der Waals surface area contributed by atoms with Gasteiger partial charge in [0.15, 0.2) is 0 Å². The molecule has 0 bridgehead atoms. The van der Waals surface area contributed by atoms with E-state index >= 15 is 0 Å². The number of hydrogen-bond donors (Lipinski definition) is 2. The number of nitrogens with one attached hydrogen (secondary N) is 1. The summed E-state index contributed by atoms with van der Waals surface area (Å²) in [6.45, 7) is 5.92. The maximum absolute atomic E-state index is 5.46. The Kier molecular flexibility index (Phi) is 4.06. The van der Waals surface area contributed by atoms with E-state index in [2.05, 4.69) is 27.0 Å². The first kappa shape index (κ1) is 11.7. The highest BCUT2D eigenvalue weighted by Crippen LogP contribution is 2.18. The van der Waals surface area contributed by atoms with Gasteiger partial charge in [0.25, 0.3) is 0 Å². The van der Waals surface area contributed by atoms with E-state index in [1.807, 2.05) is 0 Å². The number of piperidine rings is 1. The minimum atomic E-state index is 0.397. The molecule has 1 aromatic heterocycles. The van der Waals surface area contributed by atoms with Gasteiger partial charge in [-0.05, 0) is 31.8 Å². The summed E-state index contributed by atoms with van der Waals surface area (Å²) < 4.78 is 0. The zero-order chi connectivity index (χ0) is 11.4. The lowest BCUT2D eigenvalue weighted by Gasteiger charge is -2.29. The van der Waals surface area contributed by atoms with Crippen molar-refractivity contribution in [2.24, 2.45) is 5.92 Å². The fourth-order valence-corrected chi connectivity index (χ4v) is 2.68. The first-order valence-corrected chi connectivity index (χ1v) is 6.75. The van der Waals surface area contributed by atoms with Gasteiger partial charge in [0, 0.05) is 12.3 Å². The molecule has 1 aliphatic heterocycles. The normalized spacial score (nSPS) is 19.1. The molecule has 3 N–H and O–H groups in total. The minimum Gasteiger partial charge on any atom is -0.368 e. The largest absolute Gasteiger partial charge is 0.368 e. The summed E-state index contributed by atoms with van der Waals surface area (Å²) in [5, 5.41) is 7.39. The molecule has 0 radical (unpaired) electrons. The van der Waals surface area contributed by atoms with Crippen LogP contribution in [0.2, 0.25) is 0 Å². The summed E-state index contributed by atoms with van der Waals surface area (Å²) in [5.74, 6) is 2.33. The zero-order valence-corrected chi connectivity index (χ0v) is 10.5. The summed E-state index contributed by atoms with van der Waals surface area (Å²) in [6, 6.07) is 0. The van der Waals surface area contributed by atoms with E-state index in [0.717, 1.165) is 23.4 Å². The molecule has 0 aromatic carbocycles. The Hall–Kier alpha value is -0.750. The van der Waals surface area contributed by atoms with E-state index in [4.69, 9.17) is 5.73 Å². The van der Waals surface area contributed by atoms with Gasteiger partial charge >= 0.3 is 0 Å². The Bertz CT molecular complexity index is 319. The van der Waals surface area contributed by atoms with Crippen LogP contribution in [0.15, 0.2) is 5.16 Å². The van der Waals surface area contributed by atoms with Crippen molar-refractivity contribution in [3.05, 3.63) is 0 Å². The predicted octanol–water partition coefficient (Wildman–Crippen LogP) is 1.21. The van der Waals surface area contributed by atoms with Crippen molar-refractivity contribution in [3.63, 3.8) is 0 Å². The van der Waals surface area contributed by atoms with Crippen LogP contribution >= 0.6 is 11.8 Å². The summed E-state index contributed by atoms with van der Waals surface area (Å²) in [4.78, 5) is 6.58. The number of nitrogens with zero attached hydrogens (tertiary/aromatic N) is 3. The highest BCUT2D eigenvalue weighted by atomic mass is 32.2. The maximum atomic E-state index is 5.46. The molecule has 2 rings (SSSR count). The van der Waals surface area contributed by atoms with Gasteiger partial charge in [-0.2, -0.15) is 4.98 Å². The highest BCUT2D eigenvalue weighted by Gasteiger charge is 2.15. The van der Waals surface area contributed by atoms with E-state index < -0.39 is 0 Å². The fourth-order valence-electron chi connectivity index (χ4n) is 1.87. The number of aromatic amines is 1. The summed E-state index contributed by atoms with van der Waals surface area (Å²) in [6.07, 6.45) is 2.66. The molecule has 1 aromatic rings. The molecule has 1 saturated heterocycles. The summed E-state index contributed by atoms with van der Waals surface area (Å²) in [7, 11) is 0. The van der Waals surface area contributed by atoms with E-state index in [0.29, 0.717) is 5.95 Å². The lowest BCUT2D eigenvalue weighted by molar-refractivity contribution is 0.203. The number of nitrogen functional groups attached to an aromatic ring is 1. The lowest BCUT2D eigenvalue weighted by atomic mass is 9.99. The smallest absolute Gasteiger partial charge is 0.216 e. The molecule has 90 valence electrons. The summed E-state index contributed by atoms with van der Waals surface area (Å²) in [5.41, 5.74) is 5.46. The molecule has 6 heteroatoms. The van der Waals surface area contributed by atoms with Crippen molar-refractivity contribution in [1.82, 2.24) is 20.1 Å². The van der Waals surface area contributed by atoms with Gasteiger partial charge in [0.2, 0.25) is 11.1 Å². The Labute approximate surface area is 100 Å². The van der Waals surface area contributed by atoms with Gasteiger partial charge < -0.3 is 10.6 Å². The number of rotatable bonds is 4. The standard InChI is InChI=1S/C10H19N5S/c1-8-2-4-15(5-3-8)6-7-16-10-12-9(11)13-14-10/h8H,2-7H2,1H3,(H3,11,12,13,14). The monoisotopic (exact) mass is 241 g/mol. The van der Waals surface area contributed by atoms with Gasteiger partial charge in [0.05, 0.1) is 0 Å². The second kappa shape index (κ2) is 5.54. The number of hydrogen-bond acceptors (Lipinski definition) is 5. The number of H-pyrrole nitrogens is 1. The van der Waals surface area contributed by atoms with Crippen molar-refractivity contribution in [3.8, 4) is 0 Å². The molecule has 0 amide bonds. The molecule has 0 atom stereocenters. The van der Waals surface area contributed by atoms with Gasteiger partial charge in [-0.15, -0.1) is 5.10 Å². The van der Waals surface area contributed by atoms with Crippen LogP contribution in [0, 0.1) is 5.92 Å². The van der Waals surface area contributed by atoms with Gasteiger partial charge in [-0.3, -0.25) is 0 Å². The van der Waals surface area contributed by atoms with Crippen LogP contribution in [0.4, 0.5) is 5.95 Å². The average molecular weight is 241 g/mol. The van der Waals surface area contributed by atoms with Crippen molar-refractivity contribution >= 4 is 17.7 Å². The predicted molar refractivity (Wildman–Crippen MR) is 66.4 cm³/mol. The molecule has 5 nitrogen and oxygen atoms in total. The number of anilines is 1. The molecular formula is C10H19N5S. The summed E-state index contributed by atoms with van der Waals surface area (Å²) >= 11 is 1.66. The molecule has 0 aliphatic carbocycles. The van der Waals surface area contributed by atoms with Gasteiger partial charge in [0.1, 0.15) is 0 Å². The van der Waals surface area contributed by atoms with Crippen molar-refractivity contribution in [2.45, 2.75) is 24.9 Å². The van der Waals surface area contributed by atoms with E-state index in [1.54, 1.807) is 11.8 Å². The van der Waals surface area contributed by atoms with Crippen molar-refractivity contribution < 1.29 is 0 Å². The molecule has 0 unspecified atom stereocenters. The van der Waals surface area contributed by atoms with Gasteiger partial charge in [-0.1, -0.05) is 18.7 Å². The van der Waals surface area contributed by atoms with Crippen LogP contribution in [0.1, 0.15) is 19.8 Å². The SMILES string of the molecule is CC1CCN(CCSc2n[nH]c(N)n2)CC1. The molecule has 0 saturated carbocycles. The average Bonchev–Trinajstić information content (AvgIpc) is 2.67. The highest BCUT2D eigenvalue weighted by molar-refractivity contribution is 7.99. The molecule has 16 heavy (non-hydrogen) atoms. The van der Waals surface area contributed by atoms with Gasteiger partial charge in [-0.25, -0.2) is 5.10 Å². The Morgan fingerprint density at radius 1 is 1.50 bits per heavy atom. The third-order valence-corrected chi connectivity index (χ3v) is 3.82. The number of likely N-dealkylation sites (tertiary alicyclic amines) is 1. The van der Waals surface area contributed by atoms with Crippen LogP contribution < -0.4 is 5.73 Å². The number of aromatic nitrogens is 3. The third-order valence-electron chi connectivity index (χ3n) is 3.00. The lowest BCUT2D eigenvalue weighted by Crippen LogP contribution is -2.34. The quantitative estimate of drug-likeness (QED) is 0.775. The molecule has 0 spiro atoms. The zero-order valence-electron chi connectivity index (χ0n) is 9.65. The first-order chi connectivity index (χ1) is 7.74. The molecule has 2 heterocycles. The van der Waals surface area contributed by atoms with E-state index in [1.165, 1.54) is 25.9 Å². The fraction of sp³-hybridized carbons (Fsp3) is 0.800. The Balaban J connectivity index is 1.64. The Morgan fingerprint density at radius 3 is 2.88 bits per heavy atom. The van der Waals surface area contributed by atoms with Crippen LogP contribution in [0.5, 0.6) is 0 Å². The number of thioether (sulfide) groups is 1. The third kappa shape index (κ3) is 3.38. The van der Waals surface area contributed by atoms with E-state index in [-0.39, 0.29) is 0 Å². The topological polar surface area (TPSA) is 70.8 Å². The minimum absolute atomic E-state index is 0.397. The second-order valence-corrected chi connectivity index (χ2v) is 5.44. The Morgan fingerprint density at radius 2 is 2.25 bits per heavy atom. The van der Waals surface area contributed by atoms with Crippen LogP contribution in [0.3, 0.4) is 0 Å². The second-order valence-electron chi connectivity index (χ2n) is 4.38. The first-order valence-electron chi connectivity index (χ1n) is 5.77. The molecule has 1 fully saturated rings. The molecule has 1 aliphatic rings. The number of nitrogens with two attached hydrogens (primary N) is 1. The van der Waals surface area contributed by atoms with Crippen molar-refractivity contribution in [1.29, 1.82) is 0 Å². The van der Waals surface area contributed by atoms with Crippen LogP contribution in [-0.2, 0) is 0 Å². The maximum Gasteiger partial charge on any atom is 0.216 e. The van der Waals surface area contributed by atoms with Crippen LogP contribution in [0.25, 0.3) is 0 Å².